The Morgan fingerprint density at radius 1 is 0.903 bits per heavy atom. The molecule has 0 saturated heterocycles. The second kappa shape index (κ2) is 11.0. The number of hydrogen-bond acceptors (Lipinski definition) is 8. The Morgan fingerprint density at radius 3 is 2.03 bits per heavy atom. The molecule has 0 aliphatic rings. The molecule has 1 unspecified atom stereocenters. The maximum atomic E-state index is 12.7. The van der Waals surface area contributed by atoms with Crippen molar-refractivity contribution in [3.05, 3.63) is 47.5 Å². The number of rotatable bonds is 11. The summed E-state index contributed by atoms with van der Waals surface area (Å²) in [6.07, 6.45) is 0.356. The summed E-state index contributed by atoms with van der Waals surface area (Å²) in [5, 5.41) is 0. The van der Waals surface area contributed by atoms with Crippen molar-refractivity contribution < 1.29 is 36.3 Å². The molecule has 0 amide bonds. The van der Waals surface area contributed by atoms with Crippen LogP contribution < -0.4 is 14.2 Å². The minimum Gasteiger partial charge on any atom is -0.496 e. The van der Waals surface area contributed by atoms with Gasteiger partial charge in [0.25, 0.3) is 10.1 Å². The highest BCUT2D eigenvalue weighted by Crippen LogP contribution is 2.40. The third-order valence-corrected chi connectivity index (χ3v) is 6.13. The van der Waals surface area contributed by atoms with Gasteiger partial charge in [-0.25, -0.2) is 0 Å². The fraction of sp³-hybridized carbons (Fsp3) is 0.409. The SMILES string of the molecule is COC(=O)CCC(COS(=O)(=O)c1ccc(C)cc1)c1cc(OC)c(OC)cc1OC. The van der Waals surface area contributed by atoms with Gasteiger partial charge in [0.05, 0.1) is 39.9 Å². The molecule has 31 heavy (non-hydrogen) atoms. The second-order valence-electron chi connectivity index (χ2n) is 6.81. The van der Waals surface area contributed by atoms with E-state index in [-0.39, 0.29) is 24.3 Å². The monoisotopic (exact) mass is 452 g/mol. The summed E-state index contributed by atoms with van der Waals surface area (Å²) in [6.45, 7) is 1.67. The molecule has 0 radical (unpaired) electrons. The zero-order valence-corrected chi connectivity index (χ0v) is 19.2. The number of benzene rings is 2. The Balaban J connectivity index is 2.36. The topological polar surface area (TPSA) is 97.4 Å². The van der Waals surface area contributed by atoms with Gasteiger partial charge in [-0.15, -0.1) is 0 Å². The summed E-state index contributed by atoms with van der Waals surface area (Å²) in [4.78, 5) is 11.8. The normalized spacial score (nSPS) is 12.2. The quantitative estimate of drug-likeness (QED) is 0.378. The van der Waals surface area contributed by atoms with Gasteiger partial charge in [-0.3, -0.25) is 8.98 Å². The van der Waals surface area contributed by atoms with Crippen molar-refractivity contribution in [1.29, 1.82) is 0 Å². The van der Waals surface area contributed by atoms with Crippen LogP contribution in [0.2, 0.25) is 0 Å². The fourth-order valence-corrected chi connectivity index (χ4v) is 3.99. The van der Waals surface area contributed by atoms with Crippen molar-refractivity contribution in [2.45, 2.75) is 30.6 Å². The molecule has 0 saturated carbocycles. The van der Waals surface area contributed by atoms with Crippen molar-refractivity contribution in [1.82, 2.24) is 0 Å². The van der Waals surface area contributed by atoms with Gasteiger partial charge in [0.1, 0.15) is 5.75 Å². The van der Waals surface area contributed by atoms with Crippen molar-refractivity contribution in [3.63, 3.8) is 0 Å². The van der Waals surface area contributed by atoms with E-state index in [1.165, 1.54) is 40.6 Å². The number of aryl methyl sites for hydroxylation is 1. The number of hydrogen-bond donors (Lipinski definition) is 0. The van der Waals surface area contributed by atoms with E-state index in [2.05, 4.69) is 0 Å². The molecule has 0 N–H and O–H groups in total. The molecule has 0 aromatic heterocycles. The van der Waals surface area contributed by atoms with Crippen LogP contribution in [-0.2, 0) is 23.8 Å². The van der Waals surface area contributed by atoms with Gasteiger partial charge >= 0.3 is 5.97 Å². The zero-order chi connectivity index (χ0) is 23.0. The van der Waals surface area contributed by atoms with E-state index in [4.69, 9.17) is 23.1 Å². The van der Waals surface area contributed by atoms with Gasteiger partial charge in [-0.2, -0.15) is 8.42 Å². The largest absolute Gasteiger partial charge is 0.496 e. The molecular formula is C22H28O8S. The molecule has 170 valence electrons. The Hall–Kier alpha value is -2.78. The van der Waals surface area contributed by atoms with Gasteiger partial charge in [0.15, 0.2) is 11.5 Å². The van der Waals surface area contributed by atoms with Crippen LogP contribution >= 0.6 is 0 Å². The summed E-state index contributed by atoms with van der Waals surface area (Å²) >= 11 is 0. The number of carbonyl (C=O) groups is 1. The van der Waals surface area contributed by atoms with E-state index in [1.54, 1.807) is 24.3 Å². The summed E-state index contributed by atoms with van der Waals surface area (Å²) in [5.41, 5.74) is 1.56. The van der Waals surface area contributed by atoms with Crippen LogP contribution in [0.1, 0.15) is 29.9 Å². The highest BCUT2D eigenvalue weighted by molar-refractivity contribution is 7.86. The molecule has 2 aromatic rings. The minimum absolute atomic E-state index is 0.0593. The van der Waals surface area contributed by atoms with Gasteiger partial charge in [-0.1, -0.05) is 17.7 Å². The van der Waals surface area contributed by atoms with E-state index < -0.39 is 22.0 Å². The molecule has 0 aliphatic carbocycles. The number of methoxy groups -OCH3 is 4. The van der Waals surface area contributed by atoms with E-state index >= 15 is 0 Å². The molecule has 2 aromatic carbocycles. The average Bonchev–Trinajstić information content (AvgIpc) is 2.78. The first-order chi connectivity index (χ1) is 14.7. The smallest absolute Gasteiger partial charge is 0.305 e. The molecular weight excluding hydrogens is 424 g/mol. The molecule has 0 spiro atoms. The standard InChI is InChI=1S/C22H28O8S/c1-15-6-9-17(10-7-15)31(24,25)30-14-16(8-11-22(23)29-5)18-12-20(27-3)21(28-4)13-19(18)26-2/h6-7,9-10,12-13,16H,8,11,14H2,1-5H3. The molecule has 0 heterocycles. The Labute approximate surface area is 183 Å². The van der Waals surface area contributed by atoms with Gasteiger partial charge in [0, 0.05) is 24.0 Å². The molecule has 0 aliphatic heterocycles. The van der Waals surface area contributed by atoms with Crippen LogP contribution in [0.4, 0.5) is 0 Å². The summed E-state index contributed by atoms with van der Waals surface area (Å²) in [6, 6.07) is 9.72. The molecule has 8 nitrogen and oxygen atoms in total. The predicted molar refractivity (Wildman–Crippen MR) is 114 cm³/mol. The van der Waals surface area contributed by atoms with E-state index in [1.807, 2.05) is 6.92 Å². The van der Waals surface area contributed by atoms with Crippen molar-refractivity contribution >= 4 is 16.1 Å². The summed E-state index contributed by atoms with van der Waals surface area (Å²) < 4.78 is 51.6. The molecule has 1 atom stereocenters. The highest BCUT2D eigenvalue weighted by atomic mass is 32.2. The highest BCUT2D eigenvalue weighted by Gasteiger charge is 2.25. The fourth-order valence-electron chi connectivity index (χ4n) is 3.04. The van der Waals surface area contributed by atoms with Crippen LogP contribution in [0, 0.1) is 6.92 Å². The first-order valence-electron chi connectivity index (χ1n) is 9.58. The molecule has 2 rings (SSSR count). The van der Waals surface area contributed by atoms with Crippen LogP contribution in [0.3, 0.4) is 0 Å². The second-order valence-corrected chi connectivity index (χ2v) is 8.43. The van der Waals surface area contributed by atoms with Crippen molar-refractivity contribution in [2.75, 3.05) is 35.0 Å². The lowest BCUT2D eigenvalue weighted by Crippen LogP contribution is -2.16. The van der Waals surface area contributed by atoms with Crippen LogP contribution in [0.25, 0.3) is 0 Å². The van der Waals surface area contributed by atoms with Crippen LogP contribution in [0.5, 0.6) is 17.2 Å². The van der Waals surface area contributed by atoms with E-state index in [9.17, 15) is 13.2 Å². The maximum Gasteiger partial charge on any atom is 0.305 e. The third kappa shape index (κ3) is 6.35. The van der Waals surface area contributed by atoms with Gasteiger partial charge in [-0.05, 0) is 31.5 Å². The molecule has 0 fully saturated rings. The van der Waals surface area contributed by atoms with Crippen molar-refractivity contribution in [3.8, 4) is 17.2 Å². The predicted octanol–water partition coefficient (Wildman–Crippen LogP) is 3.46. The summed E-state index contributed by atoms with van der Waals surface area (Å²) in [5.74, 6) is 0.467. The van der Waals surface area contributed by atoms with Gasteiger partial charge < -0.3 is 18.9 Å². The lowest BCUT2D eigenvalue weighted by Gasteiger charge is -2.21. The maximum absolute atomic E-state index is 12.7. The lowest BCUT2D eigenvalue weighted by molar-refractivity contribution is -0.140. The van der Waals surface area contributed by atoms with Gasteiger partial charge in [0.2, 0.25) is 0 Å². The van der Waals surface area contributed by atoms with E-state index in [0.29, 0.717) is 22.8 Å². The van der Waals surface area contributed by atoms with E-state index in [0.717, 1.165) is 5.56 Å². The van der Waals surface area contributed by atoms with Crippen molar-refractivity contribution in [2.24, 2.45) is 0 Å². The Morgan fingerprint density at radius 2 is 1.48 bits per heavy atom. The lowest BCUT2D eigenvalue weighted by atomic mass is 9.93. The minimum atomic E-state index is -3.99. The summed E-state index contributed by atoms with van der Waals surface area (Å²) in [7, 11) is 1.80. The number of carbonyl (C=O) groups excluding carboxylic acids is 1. The molecule has 0 bridgehead atoms. The average molecular weight is 453 g/mol. The van der Waals surface area contributed by atoms with Crippen LogP contribution in [-0.4, -0.2) is 49.4 Å². The third-order valence-electron chi connectivity index (χ3n) is 4.83. The zero-order valence-electron chi connectivity index (χ0n) is 18.3. The molecule has 9 heteroatoms. The number of ether oxygens (including phenoxy) is 4. The Bertz CT molecular complexity index is 983. The first-order valence-corrected chi connectivity index (χ1v) is 11.0. The Kier molecular flexibility index (Phi) is 8.70. The first kappa shape index (κ1) is 24.5. The number of esters is 1. The van der Waals surface area contributed by atoms with Crippen LogP contribution in [0.15, 0.2) is 41.3 Å².